The van der Waals surface area contributed by atoms with Gasteiger partial charge in [0.15, 0.2) is 5.82 Å². The Morgan fingerprint density at radius 1 is 1.10 bits per heavy atom. The molecule has 0 aliphatic heterocycles. The van der Waals surface area contributed by atoms with Gasteiger partial charge in [0.1, 0.15) is 12.7 Å². The second-order valence-electron chi connectivity index (χ2n) is 4.69. The van der Waals surface area contributed by atoms with Crippen molar-refractivity contribution in [3.8, 4) is 5.82 Å². The van der Waals surface area contributed by atoms with E-state index in [0.29, 0.717) is 0 Å². The molecule has 0 aliphatic carbocycles. The molecule has 3 rings (SSSR count). The van der Waals surface area contributed by atoms with E-state index in [-0.39, 0.29) is 0 Å². The van der Waals surface area contributed by atoms with E-state index in [4.69, 9.17) is 0 Å². The average Bonchev–Trinajstić information content (AvgIpc) is 3.08. The van der Waals surface area contributed by atoms with Crippen LogP contribution < -0.4 is 5.32 Å². The van der Waals surface area contributed by atoms with E-state index in [9.17, 15) is 0 Å². The average molecular weight is 279 g/mol. The minimum atomic E-state index is 0.754. The van der Waals surface area contributed by atoms with Crippen LogP contribution in [0.15, 0.2) is 55.2 Å². The summed E-state index contributed by atoms with van der Waals surface area (Å²) in [6.45, 7) is 2.93. The van der Waals surface area contributed by atoms with Gasteiger partial charge in [-0.1, -0.05) is 31.2 Å². The molecule has 1 aromatic carbocycles. The number of aromatic nitrogens is 4. The minimum Gasteiger partial charge on any atom is -0.378 e. The smallest absolute Gasteiger partial charge is 0.178 e. The Hall–Kier alpha value is -2.69. The quantitative estimate of drug-likeness (QED) is 0.780. The Bertz CT molecular complexity index is 706. The Morgan fingerprint density at radius 3 is 2.71 bits per heavy atom. The van der Waals surface area contributed by atoms with Crippen molar-refractivity contribution < 1.29 is 0 Å². The van der Waals surface area contributed by atoms with Crippen molar-refractivity contribution in [3.05, 3.63) is 66.4 Å². The van der Waals surface area contributed by atoms with Crippen molar-refractivity contribution in [2.45, 2.75) is 19.9 Å². The third-order valence-electron chi connectivity index (χ3n) is 3.39. The van der Waals surface area contributed by atoms with E-state index in [1.54, 1.807) is 17.2 Å². The molecule has 2 aromatic heterocycles. The highest BCUT2D eigenvalue weighted by atomic mass is 15.3. The molecule has 0 spiro atoms. The summed E-state index contributed by atoms with van der Waals surface area (Å²) in [5.74, 6) is 0.754. The zero-order valence-corrected chi connectivity index (χ0v) is 11.9. The predicted molar refractivity (Wildman–Crippen MR) is 82.3 cm³/mol. The molecule has 5 heteroatoms. The van der Waals surface area contributed by atoms with Crippen LogP contribution in [-0.4, -0.2) is 19.7 Å². The van der Waals surface area contributed by atoms with Gasteiger partial charge in [-0.05, 0) is 29.7 Å². The molecule has 0 fully saturated rings. The Kier molecular flexibility index (Phi) is 3.91. The van der Waals surface area contributed by atoms with Gasteiger partial charge < -0.3 is 5.32 Å². The lowest BCUT2D eigenvalue weighted by Crippen LogP contribution is -2.07. The first-order valence-electron chi connectivity index (χ1n) is 6.99. The first-order chi connectivity index (χ1) is 10.4. The maximum atomic E-state index is 4.37. The zero-order chi connectivity index (χ0) is 14.5. The van der Waals surface area contributed by atoms with Crippen LogP contribution in [0.4, 0.5) is 5.69 Å². The number of pyridine rings is 1. The van der Waals surface area contributed by atoms with Gasteiger partial charge in [-0.3, -0.25) is 0 Å². The molecule has 3 aromatic rings. The van der Waals surface area contributed by atoms with Gasteiger partial charge in [0.05, 0.1) is 5.69 Å². The Balaban J connectivity index is 1.83. The van der Waals surface area contributed by atoms with Crippen LogP contribution in [0.1, 0.15) is 18.1 Å². The molecule has 0 bridgehead atoms. The van der Waals surface area contributed by atoms with E-state index < -0.39 is 0 Å². The number of hydrogen-bond acceptors (Lipinski definition) is 4. The third-order valence-corrected chi connectivity index (χ3v) is 3.39. The van der Waals surface area contributed by atoms with Crippen molar-refractivity contribution >= 4 is 5.69 Å². The lowest BCUT2D eigenvalue weighted by atomic mass is 10.1. The van der Waals surface area contributed by atoms with Gasteiger partial charge in [-0.15, -0.1) is 0 Å². The fourth-order valence-electron chi connectivity index (χ4n) is 2.30. The lowest BCUT2D eigenvalue weighted by molar-refractivity contribution is 0.844. The number of aryl methyl sites for hydroxylation is 1. The van der Waals surface area contributed by atoms with Crippen molar-refractivity contribution in [2.75, 3.05) is 5.32 Å². The SMILES string of the molecule is CCc1ccccc1CNc1cccnc1-n1cncn1. The molecule has 1 N–H and O–H groups in total. The van der Waals surface area contributed by atoms with Gasteiger partial charge in [0, 0.05) is 12.7 Å². The number of rotatable bonds is 5. The maximum absolute atomic E-state index is 4.37. The third kappa shape index (κ3) is 2.91. The van der Waals surface area contributed by atoms with Gasteiger partial charge in [0.2, 0.25) is 0 Å². The molecule has 0 radical (unpaired) electrons. The van der Waals surface area contributed by atoms with Crippen LogP contribution in [-0.2, 0) is 13.0 Å². The number of anilines is 1. The van der Waals surface area contributed by atoms with Crippen LogP contribution in [0.3, 0.4) is 0 Å². The second kappa shape index (κ2) is 6.17. The molecule has 106 valence electrons. The monoisotopic (exact) mass is 279 g/mol. The van der Waals surface area contributed by atoms with E-state index in [1.807, 2.05) is 12.1 Å². The van der Waals surface area contributed by atoms with E-state index >= 15 is 0 Å². The largest absolute Gasteiger partial charge is 0.378 e. The van der Waals surface area contributed by atoms with E-state index in [0.717, 1.165) is 24.5 Å². The van der Waals surface area contributed by atoms with Crippen LogP contribution in [0.5, 0.6) is 0 Å². The van der Waals surface area contributed by atoms with Crippen molar-refractivity contribution in [1.82, 2.24) is 19.7 Å². The van der Waals surface area contributed by atoms with Gasteiger partial charge in [-0.2, -0.15) is 5.10 Å². The zero-order valence-electron chi connectivity index (χ0n) is 11.9. The molecule has 0 atom stereocenters. The maximum Gasteiger partial charge on any atom is 0.178 e. The Morgan fingerprint density at radius 2 is 1.95 bits per heavy atom. The van der Waals surface area contributed by atoms with E-state index in [1.165, 1.54) is 17.5 Å². The number of hydrogen-bond donors (Lipinski definition) is 1. The molecule has 0 saturated heterocycles. The molecule has 0 aliphatic rings. The molecule has 0 amide bonds. The summed E-state index contributed by atoms with van der Waals surface area (Å²) >= 11 is 0. The first-order valence-corrected chi connectivity index (χ1v) is 6.99. The minimum absolute atomic E-state index is 0.754. The highest BCUT2D eigenvalue weighted by Gasteiger charge is 2.07. The molecule has 21 heavy (non-hydrogen) atoms. The normalized spacial score (nSPS) is 10.5. The van der Waals surface area contributed by atoms with Gasteiger partial charge in [0.25, 0.3) is 0 Å². The highest BCUT2D eigenvalue weighted by Crippen LogP contribution is 2.18. The summed E-state index contributed by atoms with van der Waals surface area (Å²) in [6, 6.07) is 12.4. The number of benzene rings is 1. The summed E-state index contributed by atoms with van der Waals surface area (Å²) in [6.07, 6.45) is 5.93. The molecule has 0 unspecified atom stereocenters. The van der Waals surface area contributed by atoms with Crippen molar-refractivity contribution in [2.24, 2.45) is 0 Å². The van der Waals surface area contributed by atoms with Crippen LogP contribution in [0.25, 0.3) is 5.82 Å². The van der Waals surface area contributed by atoms with Crippen molar-refractivity contribution in [1.29, 1.82) is 0 Å². The molecule has 2 heterocycles. The van der Waals surface area contributed by atoms with Crippen LogP contribution >= 0.6 is 0 Å². The van der Waals surface area contributed by atoms with Crippen LogP contribution in [0, 0.1) is 0 Å². The van der Waals surface area contributed by atoms with Gasteiger partial charge in [-0.25, -0.2) is 14.6 Å². The summed E-state index contributed by atoms with van der Waals surface area (Å²) in [7, 11) is 0. The fraction of sp³-hybridized carbons (Fsp3) is 0.188. The summed E-state index contributed by atoms with van der Waals surface area (Å²) in [5.41, 5.74) is 3.60. The topological polar surface area (TPSA) is 55.6 Å². The highest BCUT2D eigenvalue weighted by molar-refractivity contribution is 5.56. The lowest BCUT2D eigenvalue weighted by Gasteiger charge is -2.12. The summed E-state index contributed by atoms with van der Waals surface area (Å²) < 4.78 is 1.66. The Labute approximate surface area is 123 Å². The fourth-order valence-corrected chi connectivity index (χ4v) is 2.30. The molecular weight excluding hydrogens is 262 g/mol. The van der Waals surface area contributed by atoms with Crippen molar-refractivity contribution in [3.63, 3.8) is 0 Å². The standard InChI is InChI=1S/C16H17N5/c1-2-13-6-3-4-7-14(13)10-19-15-8-5-9-18-16(15)21-12-17-11-20-21/h3-9,11-12,19H,2,10H2,1H3. The second-order valence-corrected chi connectivity index (χ2v) is 4.69. The van der Waals surface area contributed by atoms with Crippen LogP contribution in [0.2, 0.25) is 0 Å². The molecule has 5 nitrogen and oxygen atoms in total. The molecular formula is C16H17N5. The predicted octanol–water partition coefficient (Wildman–Crippen LogP) is 2.84. The molecule has 0 saturated carbocycles. The first kappa shape index (κ1) is 13.3. The van der Waals surface area contributed by atoms with Gasteiger partial charge >= 0.3 is 0 Å². The number of nitrogens with one attached hydrogen (secondary N) is 1. The van der Waals surface area contributed by atoms with E-state index in [2.05, 4.69) is 51.6 Å². The summed E-state index contributed by atoms with van der Waals surface area (Å²) in [4.78, 5) is 8.34. The summed E-state index contributed by atoms with van der Waals surface area (Å²) in [5, 5.41) is 7.58. The number of nitrogens with zero attached hydrogens (tertiary/aromatic N) is 4.